The maximum absolute atomic E-state index is 12.4. The number of morpholine rings is 1. The summed E-state index contributed by atoms with van der Waals surface area (Å²) in [4.78, 5) is 27.7. The Balaban J connectivity index is 2.10. The standard InChI is InChI=1S/C17H30N2O5/c1-11-7-18(8-12(2)23-11)14-6-13(15(20)21)9-19(10-14)16(22)24-17(3,4)5/h11-14H,6-10H2,1-5H3,(H,20,21)/t11-,12+,13-,14+/m0/s1. The summed E-state index contributed by atoms with van der Waals surface area (Å²) in [7, 11) is 0. The molecule has 1 N–H and O–H groups in total. The van der Waals surface area contributed by atoms with Gasteiger partial charge in [0, 0.05) is 32.2 Å². The minimum atomic E-state index is -0.859. The second-order valence-corrected chi connectivity index (χ2v) is 8.02. The third kappa shape index (κ3) is 5.08. The molecule has 0 unspecified atom stereocenters. The van der Waals surface area contributed by atoms with Gasteiger partial charge in [0.1, 0.15) is 5.60 Å². The van der Waals surface area contributed by atoms with Crippen molar-refractivity contribution >= 4 is 12.1 Å². The van der Waals surface area contributed by atoms with Crippen LogP contribution in [0.4, 0.5) is 4.79 Å². The SMILES string of the molecule is C[C@@H]1CN([C@@H]2C[C@H](C(=O)O)CN(C(=O)OC(C)(C)C)C2)C[C@H](C)O1. The molecule has 7 nitrogen and oxygen atoms in total. The zero-order chi connectivity index (χ0) is 18.1. The third-order valence-corrected chi connectivity index (χ3v) is 4.39. The highest BCUT2D eigenvalue weighted by atomic mass is 16.6. The highest BCUT2D eigenvalue weighted by Gasteiger charge is 2.39. The molecular weight excluding hydrogens is 312 g/mol. The van der Waals surface area contributed by atoms with E-state index in [-0.39, 0.29) is 24.8 Å². The number of carboxylic acids is 1. The normalized spacial score (nSPS) is 32.5. The van der Waals surface area contributed by atoms with Gasteiger partial charge in [-0.3, -0.25) is 9.69 Å². The van der Waals surface area contributed by atoms with Gasteiger partial charge in [0.2, 0.25) is 0 Å². The molecule has 2 saturated heterocycles. The molecule has 0 spiro atoms. The average molecular weight is 342 g/mol. The van der Waals surface area contributed by atoms with Crippen molar-refractivity contribution in [3.05, 3.63) is 0 Å². The van der Waals surface area contributed by atoms with Crippen LogP contribution in [0.25, 0.3) is 0 Å². The van der Waals surface area contributed by atoms with Crippen LogP contribution in [0.5, 0.6) is 0 Å². The quantitative estimate of drug-likeness (QED) is 0.824. The number of piperidine rings is 1. The molecular formula is C17H30N2O5. The second-order valence-electron chi connectivity index (χ2n) is 8.02. The van der Waals surface area contributed by atoms with Crippen LogP contribution >= 0.6 is 0 Å². The Morgan fingerprint density at radius 2 is 1.67 bits per heavy atom. The third-order valence-electron chi connectivity index (χ3n) is 4.39. The first-order chi connectivity index (χ1) is 11.0. The van der Waals surface area contributed by atoms with E-state index in [9.17, 15) is 14.7 Å². The van der Waals surface area contributed by atoms with Gasteiger partial charge in [0.05, 0.1) is 18.1 Å². The lowest BCUT2D eigenvalue weighted by molar-refractivity contribution is -0.145. The molecule has 0 aliphatic carbocycles. The molecule has 0 aromatic carbocycles. The van der Waals surface area contributed by atoms with Gasteiger partial charge in [-0.2, -0.15) is 0 Å². The van der Waals surface area contributed by atoms with Gasteiger partial charge in [-0.25, -0.2) is 4.79 Å². The summed E-state index contributed by atoms with van der Waals surface area (Å²) in [5, 5.41) is 9.47. The lowest BCUT2D eigenvalue weighted by Gasteiger charge is -2.45. The van der Waals surface area contributed by atoms with E-state index in [1.165, 1.54) is 0 Å². The molecule has 2 heterocycles. The number of rotatable bonds is 2. The number of ether oxygens (including phenoxy) is 2. The van der Waals surface area contributed by atoms with Crippen molar-refractivity contribution in [3.8, 4) is 0 Å². The van der Waals surface area contributed by atoms with Gasteiger partial charge in [-0.05, 0) is 41.0 Å². The Morgan fingerprint density at radius 1 is 1.08 bits per heavy atom. The molecule has 2 aliphatic rings. The van der Waals surface area contributed by atoms with Crippen molar-refractivity contribution in [1.29, 1.82) is 0 Å². The zero-order valence-electron chi connectivity index (χ0n) is 15.3. The van der Waals surface area contributed by atoms with Crippen molar-refractivity contribution in [3.63, 3.8) is 0 Å². The predicted molar refractivity (Wildman–Crippen MR) is 88.9 cm³/mol. The number of hydrogen-bond donors (Lipinski definition) is 1. The summed E-state index contributed by atoms with van der Waals surface area (Å²) in [6.07, 6.45) is 0.323. The van der Waals surface area contributed by atoms with Gasteiger partial charge >= 0.3 is 12.1 Å². The molecule has 7 heteroatoms. The minimum Gasteiger partial charge on any atom is -0.481 e. The monoisotopic (exact) mass is 342 g/mol. The maximum atomic E-state index is 12.4. The number of likely N-dealkylation sites (tertiary alicyclic amines) is 1. The van der Waals surface area contributed by atoms with Gasteiger partial charge in [-0.1, -0.05) is 0 Å². The molecule has 2 aliphatic heterocycles. The number of carboxylic acid groups (broad SMARTS) is 1. The Morgan fingerprint density at radius 3 is 2.17 bits per heavy atom. The van der Waals surface area contributed by atoms with E-state index in [2.05, 4.69) is 4.90 Å². The minimum absolute atomic E-state index is 0.0150. The smallest absolute Gasteiger partial charge is 0.410 e. The Hall–Kier alpha value is -1.34. The van der Waals surface area contributed by atoms with Gasteiger partial charge in [0.25, 0.3) is 0 Å². The van der Waals surface area contributed by atoms with E-state index in [0.717, 1.165) is 13.1 Å². The molecule has 1 amide bonds. The van der Waals surface area contributed by atoms with E-state index in [0.29, 0.717) is 13.0 Å². The first kappa shape index (κ1) is 19.0. The van der Waals surface area contributed by atoms with Crippen molar-refractivity contribution < 1.29 is 24.2 Å². The van der Waals surface area contributed by atoms with E-state index in [1.807, 2.05) is 34.6 Å². The van der Waals surface area contributed by atoms with Crippen molar-refractivity contribution in [2.24, 2.45) is 5.92 Å². The topological polar surface area (TPSA) is 79.3 Å². The summed E-state index contributed by atoms with van der Waals surface area (Å²) < 4.78 is 11.2. The molecule has 0 aromatic rings. The van der Waals surface area contributed by atoms with Crippen LogP contribution in [0.2, 0.25) is 0 Å². The van der Waals surface area contributed by atoms with Gasteiger partial charge in [-0.15, -0.1) is 0 Å². The Bertz CT molecular complexity index is 466. The highest BCUT2D eigenvalue weighted by Crippen LogP contribution is 2.25. The summed E-state index contributed by atoms with van der Waals surface area (Å²) in [5.41, 5.74) is -0.593. The fourth-order valence-corrected chi connectivity index (χ4v) is 3.51. The average Bonchev–Trinajstić information content (AvgIpc) is 2.43. The van der Waals surface area contributed by atoms with E-state index < -0.39 is 23.6 Å². The zero-order valence-corrected chi connectivity index (χ0v) is 15.3. The second kappa shape index (κ2) is 7.27. The van der Waals surface area contributed by atoms with Crippen molar-refractivity contribution in [2.45, 2.75) is 64.9 Å². The highest BCUT2D eigenvalue weighted by molar-refractivity contribution is 5.73. The summed E-state index contributed by atoms with van der Waals surface area (Å²) in [6, 6.07) is 0.0150. The van der Waals surface area contributed by atoms with Crippen LogP contribution in [0, 0.1) is 5.92 Å². The fraction of sp³-hybridized carbons (Fsp3) is 0.882. The van der Waals surface area contributed by atoms with Crippen LogP contribution in [-0.4, -0.2) is 77.0 Å². The van der Waals surface area contributed by atoms with Crippen LogP contribution in [0.15, 0.2) is 0 Å². The van der Waals surface area contributed by atoms with Crippen LogP contribution < -0.4 is 0 Å². The number of carbonyl (C=O) groups is 2. The van der Waals surface area contributed by atoms with Crippen molar-refractivity contribution in [1.82, 2.24) is 9.80 Å². The summed E-state index contributed by atoms with van der Waals surface area (Å²) in [5.74, 6) is -1.42. The molecule has 0 radical (unpaired) electrons. The van der Waals surface area contributed by atoms with E-state index in [4.69, 9.17) is 9.47 Å². The largest absolute Gasteiger partial charge is 0.481 e. The first-order valence-electron chi connectivity index (χ1n) is 8.65. The first-order valence-corrected chi connectivity index (χ1v) is 8.65. The van der Waals surface area contributed by atoms with E-state index in [1.54, 1.807) is 4.90 Å². The molecule has 2 rings (SSSR count). The molecule has 0 saturated carbocycles. The van der Waals surface area contributed by atoms with Crippen LogP contribution in [0.3, 0.4) is 0 Å². The lowest BCUT2D eigenvalue weighted by atomic mass is 9.92. The molecule has 4 atom stereocenters. The lowest BCUT2D eigenvalue weighted by Crippen LogP contribution is -2.58. The molecule has 24 heavy (non-hydrogen) atoms. The molecule has 2 fully saturated rings. The number of carbonyl (C=O) groups excluding carboxylic acids is 1. The molecule has 138 valence electrons. The summed E-state index contributed by atoms with van der Waals surface area (Å²) >= 11 is 0. The fourth-order valence-electron chi connectivity index (χ4n) is 3.51. The number of nitrogens with zero attached hydrogens (tertiary/aromatic N) is 2. The Kier molecular flexibility index (Phi) is 5.75. The Labute approximate surface area is 143 Å². The predicted octanol–water partition coefficient (Wildman–Crippen LogP) is 1.81. The maximum Gasteiger partial charge on any atom is 0.410 e. The van der Waals surface area contributed by atoms with Crippen LogP contribution in [-0.2, 0) is 14.3 Å². The van der Waals surface area contributed by atoms with Crippen molar-refractivity contribution in [2.75, 3.05) is 26.2 Å². The number of amides is 1. The molecule has 0 bridgehead atoms. The van der Waals surface area contributed by atoms with E-state index >= 15 is 0 Å². The molecule has 0 aromatic heterocycles. The van der Waals surface area contributed by atoms with Gasteiger partial charge in [0.15, 0.2) is 0 Å². The number of aliphatic carboxylic acids is 1. The number of hydrogen-bond acceptors (Lipinski definition) is 5. The summed E-state index contributed by atoms with van der Waals surface area (Å²) in [6.45, 7) is 11.7. The van der Waals surface area contributed by atoms with Gasteiger partial charge < -0.3 is 19.5 Å². The van der Waals surface area contributed by atoms with Crippen LogP contribution in [0.1, 0.15) is 41.0 Å².